The van der Waals surface area contributed by atoms with Crippen LogP contribution in [0.5, 0.6) is 5.75 Å². The summed E-state index contributed by atoms with van der Waals surface area (Å²) < 4.78 is 40.4. The largest absolute Gasteiger partial charge is 0.465 e. The number of alkyl halides is 1. The van der Waals surface area contributed by atoms with E-state index in [2.05, 4.69) is 25.4 Å². The number of esters is 1. The fourth-order valence-corrected chi connectivity index (χ4v) is 6.54. The van der Waals surface area contributed by atoms with E-state index in [0.29, 0.717) is 22.9 Å². The maximum Gasteiger partial charge on any atom is 0.323 e. The molecule has 1 aliphatic heterocycles. The van der Waals surface area contributed by atoms with Gasteiger partial charge in [-0.3, -0.25) is 9.36 Å². The quantitative estimate of drug-likeness (QED) is 0.171. The Labute approximate surface area is 235 Å². The predicted molar refractivity (Wildman–Crippen MR) is 149 cm³/mol. The number of terminal acetylenes is 1. The molecule has 3 N–H and O–H groups in total. The van der Waals surface area contributed by atoms with Crippen molar-refractivity contribution in [2.24, 2.45) is 0 Å². The van der Waals surface area contributed by atoms with Gasteiger partial charge >= 0.3 is 12.6 Å². The summed E-state index contributed by atoms with van der Waals surface area (Å²) in [5.74, 6) is 2.69. The molecule has 214 valence electrons. The first-order chi connectivity index (χ1) is 19.0. The number of rotatable bonds is 11. The second-order valence-electron chi connectivity index (χ2n) is 8.88. The molecular weight excluding hydrogens is 562 g/mol. The van der Waals surface area contributed by atoms with Gasteiger partial charge in [0.05, 0.1) is 19.5 Å². The van der Waals surface area contributed by atoms with Gasteiger partial charge in [0.2, 0.25) is 5.67 Å². The molecule has 0 radical (unpaired) electrons. The number of imidazole rings is 1. The molecule has 15 heteroatoms. The number of aliphatic hydroxyl groups is 1. The minimum absolute atomic E-state index is 0.172. The maximum absolute atomic E-state index is 16.2. The number of nitrogens with zero attached hydrogens (tertiary/aromatic N) is 4. The van der Waals surface area contributed by atoms with Crippen LogP contribution in [0.2, 0.25) is 0 Å². The van der Waals surface area contributed by atoms with Crippen LogP contribution in [0.1, 0.15) is 25.9 Å². The minimum Gasteiger partial charge on any atom is -0.465 e. The highest BCUT2D eigenvalue weighted by Crippen LogP contribution is 2.48. The number of aliphatic hydroxyl groups excluding tert-OH is 1. The first-order valence-corrected chi connectivity index (χ1v) is 15.0. The number of anilines is 1. The van der Waals surface area contributed by atoms with E-state index >= 15 is 4.39 Å². The molecule has 6 atom stereocenters. The van der Waals surface area contributed by atoms with Crippen molar-refractivity contribution in [2.45, 2.75) is 50.9 Å². The molecular formula is C25H30FN6O6PS. The smallest absolute Gasteiger partial charge is 0.323 e. The summed E-state index contributed by atoms with van der Waals surface area (Å²) in [6.45, 7) is 1.18. The highest BCUT2D eigenvalue weighted by atomic mass is 32.5. The zero-order chi connectivity index (χ0) is 29.1. The lowest BCUT2D eigenvalue weighted by Gasteiger charge is -2.27. The Balaban J connectivity index is 1.60. The molecule has 4 rings (SSSR count). The Morgan fingerprint density at radius 2 is 2.12 bits per heavy atom. The summed E-state index contributed by atoms with van der Waals surface area (Å²) >= 11 is 5.67. The van der Waals surface area contributed by atoms with Crippen LogP contribution in [0.4, 0.5) is 10.2 Å². The molecule has 12 nitrogen and oxygen atoms in total. The summed E-state index contributed by atoms with van der Waals surface area (Å²) in [6, 6.07) is 7.71. The molecule has 1 aromatic carbocycles. The van der Waals surface area contributed by atoms with Crippen LogP contribution in [0.3, 0.4) is 0 Å². The zero-order valence-corrected chi connectivity index (χ0v) is 24.0. The third kappa shape index (κ3) is 5.95. The highest BCUT2D eigenvalue weighted by Gasteiger charge is 2.58. The standard InChI is InChI=1S/C25H30FN6O6PS/c1-6-25(26)20(33)18(37-24(25)32-14-28-19-21(27-5)29-16(4)30-22(19)32)13-36-39(40,31-15(3)23(34)35-7-2)38-17-11-9-8-10-12-17/h1,8-12,14-15,18,20,24,33H,7,13H2,2-5H3,(H,31,40)(H,27,29,30)/t15-,18-,20-,24-,25-,39?/m1/s1. The number of aromatic nitrogens is 4. The number of nitrogens with one attached hydrogen (secondary N) is 2. The summed E-state index contributed by atoms with van der Waals surface area (Å²) in [5.41, 5.74) is -2.04. The molecule has 0 saturated carbocycles. The van der Waals surface area contributed by atoms with Gasteiger partial charge in [-0.1, -0.05) is 24.1 Å². The first kappa shape index (κ1) is 29.8. The highest BCUT2D eigenvalue weighted by molar-refractivity contribution is 8.09. The van der Waals surface area contributed by atoms with E-state index in [-0.39, 0.29) is 12.3 Å². The Kier molecular flexibility index (Phi) is 9.04. The van der Waals surface area contributed by atoms with Crippen molar-refractivity contribution in [3.8, 4) is 18.1 Å². The Morgan fingerprint density at radius 1 is 1.40 bits per heavy atom. The second-order valence-corrected chi connectivity index (χ2v) is 12.0. The van der Waals surface area contributed by atoms with Crippen LogP contribution in [-0.4, -0.2) is 74.8 Å². The van der Waals surface area contributed by atoms with Crippen molar-refractivity contribution in [3.63, 3.8) is 0 Å². The number of halogens is 1. The van der Waals surface area contributed by atoms with Gasteiger partial charge in [0.1, 0.15) is 29.8 Å². The van der Waals surface area contributed by atoms with E-state index in [4.69, 9.17) is 36.8 Å². The summed E-state index contributed by atoms with van der Waals surface area (Å²) in [6.07, 6.45) is 2.32. The van der Waals surface area contributed by atoms with Crippen LogP contribution in [-0.2, 0) is 30.6 Å². The third-order valence-electron chi connectivity index (χ3n) is 6.06. The Hall–Kier alpha value is -3.18. The van der Waals surface area contributed by atoms with Gasteiger partial charge in [-0.05, 0) is 44.7 Å². The molecule has 1 unspecified atom stereocenters. The zero-order valence-electron chi connectivity index (χ0n) is 22.3. The van der Waals surface area contributed by atoms with Crippen molar-refractivity contribution in [1.29, 1.82) is 0 Å². The predicted octanol–water partition coefficient (Wildman–Crippen LogP) is 2.64. The summed E-state index contributed by atoms with van der Waals surface area (Å²) in [4.78, 5) is 25.2. The molecule has 3 aromatic rings. The molecule has 1 saturated heterocycles. The number of para-hydroxylation sites is 1. The van der Waals surface area contributed by atoms with Crippen LogP contribution < -0.4 is 14.9 Å². The molecule has 2 aromatic heterocycles. The normalized spacial score (nSPS) is 24.7. The maximum atomic E-state index is 16.2. The van der Waals surface area contributed by atoms with Gasteiger partial charge in [-0.25, -0.2) is 24.4 Å². The van der Waals surface area contributed by atoms with Crippen molar-refractivity contribution >= 4 is 41.4 Å². The monoisotopic (exact) mass is 592 g/mol. The number of carbonyl (C=O) groups is 1. The van der Waals surface area contributed by atoms with Crippen LogP contribution >= 0.6 is 6.64 Å². The molecule has 40 heavy (non-hydrogen) atoms. The van der Waals surface area contributed by atoms with E-state index in [1.54, 1.807) is 58.2 Å². The SMILES string of the molecule is C#C[C@@]1(F)[C@H](O)[C@@H](COP(=S)(N[C@H](C)C(=O)OCC)Oc2ccccc2)O[C@H]1n1cnc2c(NC)nc(C)nc21. The second kappa shape index (κ2) is 12.1. The van der Waals surface area contributed by atoms with Crippen LogP contribution in [0.25, 0.3) is 11.2 Å². The topological polar surface area (TPSA) is 142 Å². The van der Waals surface area contributed by atoms with E-state index in [1.807, 2.05) is 5.92 Å². The van der Waals surface area contributed by atoms with E-state index < -0.39 is 49.4 Å². The minimum atomic E-state index is -3.47. The lowest BCUT2D eigenvalue weighted by molar-refractivity contribution is -0.144. The number of carbonyl (C=O) groups excluding carboxylic acids is 1. The lowest BCUT2D eigenvalue weighted by Crippen LogP contribution is -2.42. The van der Waals surface area contributed by atoms with Crippen molar-refractivity contribution < 1.29 is 32.8 Å². The summed E-state index contributed by atoms with van der Waals surface area (Å²) in [7, 11) is 1.67. The van der Waals surface area contributed by atoms with Crippen LogP contribution in [0, 0.1) is 19.3 Å². The molecule has 0 aliphatic carbocycles. The third-order valence-corrected chi connectivity index (χ3v) is 8.56. The number of benzene rings is 1. The van der Waals surface area contributed by atoms with E-state index in [1.165, 1.54) is 10.9 Å². The average Bonchev–Trinajstić information content (AvgIpc) is 3.46. The van der Waals surface area contributed by atoms with Crippen molar-refractivity contribution in [2.75, 3.05) is 25.6 Å². The van der Waals surface area contributed by atoms with Gasteiger partial charge < -0.3 is 28.9 Å². The van der Waals surface area contributed by atoms with Gasteiger partial charge in [0.15, 0.2) is 23.2 Å². The van der Waals surface area contributed by atoms with Crippen molar-refractivity contribution in [1.82, 2.24) is 24.6 Å². The molecule has 0 bridgehead atoms. The Bertz CT molecular complexity index is 1450. The molecule has 3 heterocycles. The number of hydrogen-bond donors (Lipinski definition) is 3. The fraction of sp³-hybridized carbons (Fsp3) is 0.440. The molecule has 0 spiro atoms. The van der Waals surface area contributed by atoms with E-state index in [9.17, 15) is 9.90 Å². The average molecular weight is 593 g/mol. The molecule has 1 fully saturated rings. The Morgan fingerprint density at radius 3 is 2.77 bits per heavy atom. The first-order valence-electron chi connectivity index (χ1n) is 12.4. The van der Waals surface area contributed by atoms with E-state index in [0.717, 1.165) is 0 Å². The van der Waals surface area contributed by atoms with Gasteiger partial charge in [-0.15, -0.1) is 6.42 Å². The molecule has 1 aliphatic rings. The summed E-state index contributed by atoms with van der Waals surface area (Å²) in [5, 5.41) is 16.8. The number of aryl methyl sites for hydroxylation is 1. The number of ether oxygens (including phenoxy) is 2. The lowest BCUT2D eigenvalue weighted by atomic mass is 9.97. The number of fused-ring (bicyclic) bond motifs is 1. The molecule has 0 amide bonds. The fourth-order valence-electron chi connectivity index (χ4n) is 4.12. The number of hydrogen-bond acceptors (Lipinski definition) is 11. The van der Waals surface area contributed by atoms with Gasteiger partial charge in [0, 0.05) is 7.05 Å². The van der Waals surface area contributed by atoms with Crippen LogP contribution in [0.15, 0.2) is 36.7 Å². The van der Waals surface area contributed by atoms with Gasteiger partial charge in [-0.2, -0.15) is 0 Å². The van der Waals surface area contributed by atoms with Crippen molar-refractivity contribution in [3.05, 3.63) is 42.5 Å². The van der Waals surface area contributed by atoms with Gasteiger partial charge in [0.25, 0.3) is 0 Å².